The smallest absolute Gasteiger partial charge is 0.268 e. The minimum atomic E-state index is 0.580. The van der Waals surface area contributed by atoms with Gasteiger partial charge < -0.3 is 4.52 Å². The monoisotopic (exact) mass is 354 g/mol. The molecule has 84 valence electrons. The number of halogens is 1. The molecule has 0 saturated carbocycles. The second-order valence-corrected chi connectivity index (χ2v) is 6.37. The molecule has 3 nitrogen and oxygen atoms in total. The quantitative estimate of drug-likeness (QED) is 0.652. The van der Waals surface area contributed by atoms with E-state index in [1.165, 1.54) is 2.88 Å². The lowest BCUT2D eigenvalue weighted by Gasteiger charge is -1.90. The highest BCUT2D eigenvalue weighted by molar-refractivity contribution is 14.1. The fourth-order valence-corrected chi connectivity index (χ4v) is 3.00. The van der Waals surface area contributed by atoms with Gasteiger partial charge in [0.25, 0.3) is 5.89 Å². The summed E-state index contributed by atoms with van der Waals surface area (Å²) < 4.78 is 6.47. The van der Waals surface area contributed by atoms with Crippen molar-refractivity contribution in [3.05, 3.63) is 45.3 Å². The first-order valence-corrected chi connectivity index (χ1v) is 6.87. The van der Waals surface area contributed by atoms with E-state index in [1.807, 2.05) is 42.5 Å². The molecule has 0 radical (unpaired) electrons. The van der Waals surface area contributed by atoms with Gasteiger partial charge in [-0.05, 0) is 34.7 Å². The Morgan fingerprint density at radius 1 is 1.06 bits per heavy atom. The summed E-state index contributed by atoms with van der Waals surface area (Å²) in [4.78, 5) is 5.40. The molecule has 0 N–H and O–H groups in total. The van der Waals surface area contributed by atoms with Crippen LogP contribution >= 0.6 is 33.9 Å². The van der Waals surface area contributed by atoms with E-state index in [2.05, 4.69) is 32.7 Å². The summed E-state index contributed by atoms with van der Waals surface area (Å²) in [6.07, 6.45) is 0. The zero-order valence-electron chi connectivity index (χ0n) is 8.63. The lowest BCUT2D eigenvalue weighted by atomic mass is 10.2. The predicted molar refractivity (Wildman–Crippen MR) is 75.8 cm³/mol. The molecule has 0 unspecified atom stereocenters. The molecule has 2 aromatic heterocycles. The van der Waals surface area contributed by atoms with Crippen LogP contribution in [0.1, 0.15) is 0 Å². The SMILES string of the molecule is Ic1ccc(-c2nc(-c3ccccc3)no2)s1. The number of rotatable bonds is 2. The number of hydrogen-bond donors (Lipinski definition) is 0. The molecule has 3 rings (SSSR count). The maximum atomic E-state index is 5.26. The first-order valence-electron chi connectivity index (χ1n) is 4.98. The fraction of sp³-hybridized carbons (Fsp3) is 0. The van der Waals surface area contributed by atoms with Crippen molar-refractivity contribution in [3.63, 3.8) is 0 Å². The Hall–Kier alpha value is -1.21. The summed E-state index contributed by atoms with van der Waals surface area (Å²) in [5.74, 6) is 1.21. The van der Waals surface area contributed by atoms with Crippen LogP contribution < -0.4 is 0 Å². The average molecular weight is 354 g/mol. The molecule has 0 spiro atoms. The van der Waals surface area contributed by atoms with Crippen molar-refractivity contribution in [3.8, 4) is 22.2 Å². The molecule has 17 heavy (non-hydrogen) atoms. The Morgan fingerprint density at radius 3 is 2.59 bits per heavy atom. The van der Waals surface area contributed by atoms with E-state index >= 15 is 0 Å². The molecule has 0 aliphatic carbocycles. The van der Waals surface area contributed by atoms with E-state index < -0.39 is 0 Å². The van der Waals surface area contributed by atoms with Gasteiger partial charge in [0.05, 0.1) is 7.76 Å². The first-order chi connectivity index (χ1) is 8.33. The highest BCUT2D eigenvalue weighted by Gasteiger charge is 2.11. The minimum absolute atomic E-state index is 0.580. The summed E-state index contributed by atoms with van der Waals surface area (Å²) in [7, 11) is 0. The van der Waals surface area contributed by atoms with Crippen LogP contribution in [0.4, 0.5) is 0 Å². The molecule has 1 aromatic carbocycles. The zero-order chi connectivity index (χ0) is 11.7. The van der Waals surface area contributed by atoms with Crippen LogP contribution in [0, 0.1) is 2.88 Å². The van der Waals surface area contributed by atoms with Gasteiger partial charge in [-0.25, -0.2) is 0 Å². The Morgan fingerprint density at radius 2 is 1.88 bits per heavy atom. The van der Waals surface area contributed by atoms with Gasteiger partial charge in [0.15, 0.2) is 0 Å². The normalized spacial score (nSPS) is 10.6. The van der Waals surface area contributed by atoms with Crippen LogP contribution in [0.15, 0.2) is 47.0 Å². The summed E-state index contributed by atoms with van der Waals surface area (Å²) in [6.45, 7) is 0. The molecular weight excluding hydrogens is 347 g/mol. The average Bonchev–Trinajstić information content (AvgIpc) is 2.98. The van der Waals surface area contributed by atoms with Crippen molar-refractivity contribution >= 4 is 33.9 Å². The highest BCUT2D eigenvalue weighted by atomic mass is 127. The van der Waals surface area contributed by atoms with E-state index in [-0.39, 0.29) is 0 Å². The van der Waals surface area contributed by atoms with Gasteiger partial charge in [-0.15, -0.1) is 11.3 Å². The van der Waals surface area contributed by atoms with E-state index in [1.54, 1.807) is 11.3 Å². The molecule has 3 aromatic rings. The fourth-order valence-electron chi connectivity index (χ4n) is 1.46. The first kappa shape index (κ1) is 10.9. The third-order valence-corrected chi connectivity index (χ3v) is 4.12. The number of thiophene rings is 1. The van der Waals surface area contributed by atoms with Crippen LogP contribution in [0.2, 0.25) is 0 Å². The number of hydrogen-bond acceptors (Lipinski definition) is 4. The maximum Gasteiger partial charge on any atom is 0.268 e. The Balaban J connectivity index is 1.99. The third-order valence-electron chi connectivity index (χ3n) is 2.24. The van der Waals surface area contributed by atoms with Gasteiger partial charge >= 0.3 is 0 Å². The molecule has 0 fully saturated rings. The Bertz CT molecular complexity index is 633. The van der Waals surface area contributed by atoms with E-state index in [4.69, 9.17) is 4.52 Å². The van der Waals surface area contributed by atoms with Crippen LogP contribution in [0.3, 0.4) is 0 Å². The topological polar surface area (TPSA) is 38.9 Å². The van der Waals surface area contributed by atoms with Gasteiger partial charge in [0.1, 0.15) is 0 Å². The summed E-state index contributed by atoms with van der Waals surface area (Å²) in [6, 6.07) is 13.8. The van der Waals surface area contributed by atoms with Crippen LogP contribution in [0.5, 0.6) is 0 Å². The lowest BCUT2D eigenvalue weighted by Crippen LogP contribution is -1.78. The lowest BCUT2D eigenvalue weighted by molar-refractivity contribution is 0.433. The number of aromatic nitrogens is 2. The Kier molecular flexibility index (Phi) is 2.94. The summed E-state index contributed by atoms with van der Waals surface area (Å²) >= 11 is 3.91. The third kappa shape index (κ3) is 2.25. The summed E-state index contributed by atoms with van der Waals surface area (Å²) in [5.41, 5.74) is 0.966. The van der Waals surface area contributed by atoms with Crippen molar-refractivity contribution in [2.45, 2.75) is 0 Å². The van der Waals surface area contributed by atoms with Crippen molar-refractivity contribution in [2.75, 3.05) is 0 Å². The van der Waals surface area contributed by atoms with Gasteiger partial charge in [-0.2, -0.15) is 4.98 Å². The molecule has 5 heteroatoms. The predicted octanol–water partition coefficient (Wildman–Crippen LogP) is 4.07. The van der Waals surface area contributed by atoms with Crippen LogP contribution in [0.25, 0.3) is 22.2 Å². The largest absolute Gasteiger partial charge is 0.333 e. The van der Waals surface area contributed by atoms with E-state index in [0.29, 0.717) is 11.7 Å². The number of benzene rings is 1. The molecule has 2 heterocycles. The second-order valence-electron chi connectivity index (χ2n) is 3.39. The van der Waals surface area contributed by atoms with Crippen LogP contribution in [-0.4, -0.2) is 10.1 Å². The molecule has 0 aliphatic rings. The van der Waals surface area contributed by atoms with Crippen molar-refractivity contribution in [2.24, 2.45) is 0 Å². The van der Waals surface area contributed by atoms with Gasteiger partial charge in [0, 0.05) is 5.56 Å². The molecule has 0 amide bonds. The van der Waals surface area contributed by atoms with Crippen molar-refractivity contribution in [1.82, 2.24) is 10.1 Å². The van der Waals surface area contributed by atoms with Gasteiger partial charge in [-0.3, -0.25) is 0 Å². The molecule has 0 bridgehead atoms. The second kappa shape index (κ2) is 4.58. The highest BCUT2D eigenvalue weighted by Crippen LogP contribution is 2.29. The minimum Gasteiger partial charge on any atom is -0.333 e. The maximum absolute atomic E-state index is 5.26. The molecule has 0 atom stereocenters. The summed E-state index contributed by atoms with van der Waals surface area (Å²) in [5, 5.41) is 3.99. The molecule has 0 aliphatic heterocycles. The van der Waals surface area contributed by atoms with Crippen molar-refractivity contribution in [1.29, 1.82) is 0 Å². The van der Waals surface area contributed by atoms with E-state index in [9.17, 15) is 0 Å². The molecular formula is C12H7IN2OS. The van der Waals surface area contributed by atoms with Gasteiger partial charge in [0.2, 0.25) is 5.82 Å². The zero-order valence-corrected chi connectivity index (χ0v) is 11.6. The van der Waals surface area contributed by atoms with Crippen molar-refractivity contribution < 1.29 is 4.52 Å². The van der Waals surface area contributed by atoms with E-state index in [0.717, 1.165) is 10.4 Å². The standard InChI is InChI=1S/C12H7IN2OS/c13-10-7-6-9(17-10)12-14-11(15-16-12)8-4-2-1-3-5-8/h1-7H. The number of nitrogens with zero attached hydrogens (tertiary/aromatic N) is 2. The molecule has 0 saturated heterocycles. The van der Waals surface area contributed by atoms with Crippen LogP contribution in [-0.2, 0) is 0 Å². The Labute approximate surface area is 116 Å². The van der Waals surface area contributed by atoms with Gasteiger partial charge in [-0.1, -0.05) is 35.5 Å².